The molecule has 0 aliphatic rings. The van der Waals surface area contributed by atoms with Crippen LogP contribution in [0, 0.1) is 0 Å². The molecule has 0 spiro atoms. The number of aliphatic hydroxyl groups excluding tert-OH is 3. The molecule has 48 heavy (non-hydrogen) atoms. The van der Waals surface area contributed by atoms with Crippen LogP contribution in [0.1, 0.15) is 206 Å². The van der Waals surface area contributed by atoms with Gasteiger partial charge in [0, 0.05) is 6.42 Å². The fourth-order valence-electron chi connectivity index (χ4n) is 6.24. The van der Waals surface area contributed by atoms with Gasteiger partial charge in [-0.05, 0) is 70.6 Å². The second kappa shape index (κ2) is 38.4. The molecule has 0 aliphatic heterocycles. The van der Waals surface area contributed by atoms with Gasteiger partial charge in [0.15, 0.2) is 0 Å². The number of carbonyl (C=O) groups is 1. The predicted octanol–water partition coefficient (Wildman–Crippen LogP) is 11.6. The first-order valence-electron chi connectivity index (χ1n) is 20.8. The van der Waals surface area contributed by atoms with Crippen LogP contribution in [-0.2, 0) is 4.79 Å². The van der Waals surface area contributed by atoms with E-state index in [-0.39, 0.29) is 12.5 Å². The summed E-state index contributed by atoms with van der Waals surface area (Å²) in [5.74, 6) is -0.163. The van der Waals surface area contributed by atoms with E-state index in [1.807, 2.05) is 0 Å². The predicted molar refractivity (Wildman–Crippen MR) is 208 cm³/mol. The van der Waals surface area contributed by atoms with E-state index in [1.54, 1.807) is 0 Å². The third kappa shape index (κ3) is 33.1. The standard InChI is InChI=1S/C43H81NO4/c1-3-5-7-9-11-13-14-15-16-17-18-19-20-21-22-23-24-25-26-27-28-30-32-34-36-38-42(47)44-40(39-45)43(48)41(46)37-35-33-31-29-12-10-8-6-4-2/h6,8,21-22,29,31,40-41,43,45-46,48H,3-5,7,9-20,23-28,30,32-39H2,1-2H3,(H,44,47)/b8-6+,22-21-,31-29+. The van der Waals surface area contributed by atoms with Crippen molar-refractivity contribution in [1.82, 2.24) is 5.32 Å². The average Bonchev–Trinajstić information content (AvgIpc) is 3.09. The lowest BCUT2D eigenvalue weighted by Crippen LogP contribution is -2.50. The third-order valence-electron chi connectivity index (χ3n) is 9.45. The minimum absolute atomic E-state index is 0.163. The summed E-state index contributed by atoms with van der Waals surface area (Å²) in [5.41, 5.74) is 0. The molecule has 1 amide bonds. The lowest BCUT2D eigenvalue weighted by molar-refractivity contribution is -0.124. The van der Waals surface area contributed by atoms with Crippen LogP contribution in [0.5, 0.6) is 0 Å². The Hall–Kier alpha value is -1.43. The maximum Gasteiger partial charge on any atom is 0.220 e. The van der Waals surface area contributed by atoms with Crippen molar-refractivity contribution in [2.24, 2.45) is 0 Å². The molecule has 0 aromatic heterocycles. The van der Waals surface area contributed by atoms with E-state index < -0.39 is 18.2 Å². The van der Waals surface area contributed by atoms with E-state index in [2.05, 4.69) is 55.6 Å². The van der Waals surface area contributed by atoms with Gasteiger partial charge in [0.25, 0.3) is 0 Å². The van der Waals surface area contributed by atoms with Crippen molar-refractivity contribution in [3.8, 4) is 0 Å². The van der Waals surface area contributed by atoms with Gasteiger partial charge in [0.1, 0.15) is 6.10 Å². The molecular weight excluding hydrogens is 594 g/mol. The van der Waals surface area contributed by atoms with Crippen LogP contribution in [0.3, 0.4) is 0 Å². The van der Waals surface area contributed by atoms with Gasteiger partial charge in [0.2, 0.25) is 5.91 Å². The smallest absolute Gasteiger partial charge is 0.220 e. The Morgan fingerprint density at radius 3 is 1.38 bits per heavy atom. The Balaban J connectivity index is 3.58. The fraction of sp³-hybridized carbons (Fsp3) is 0.837. The normalized spacial score (nSPS) is 14.0. The first-order chi connectivity index (χ1) is 23.6. The molecule has 0 radical (unpaired) electrons. The lowest BCUT2D eigenvalue weighted by atomic mass is 10.0. The number of unbranched alkanes of at least 4 members (excludes halogenated alkanes) is 23. The summed E-state index contributed by atoms with van der Waals surface area (Å²) in [4.78, 5) is 12.4. The average molecular weight is 676 g/mol. The molecule has 282 valence electrons. The molecule has 5 heteroatoms. The van der Waals surface area contributed by atoms with Crippen molar-refractivity contribution >= 4 is 5.91 Å². The van der Waals surface area contributed by atoms with Gasteiger partial charge in [-0.3, -0.25) is 4.79 Å². The van der Waals surface area contributed by atoms with Gasteiger partial charge >= 0.3 is 0 Å². The number of hydrogen-bond donors (Lipinski definition) is 4. The van der Waals surface area contributed by atoms with E-state index in [0.29, 0.717) is 12.8 Å². The molecule has 3 atom stereocenters. The van der Waals surface area contributed by atoms with Crippen LogP contribution in [0.25, 0.3) is 0 Å². The molecule has 0 saturated carbocycles. The molecule has 0 saturated heterocycles. The van der Waals surface area contributed by atoms with E-state index >= 15 is 0 Å². The third-order valence-corrected chi connectivity index (χ3v) is 9.45. The number of hydrogen-bond acceptors (Lipinski definition) is 4. The second-order valence-corrected chi connectivity index (χ2v) is 14.1. The van der Waals surface area contributed by atoms with Crippen molar-refractivity contribution in [1.29, 1.82) is 0 Å². The Kier molecular flexibility index (Phi) is 37.2. The van der Waals surface area contributed by atoms with Gasteiger partial charge in [0.05, 0.1) is 18.8 Å². The van der Waals surface area contributed by atoms with E-state index in [4.69, 9.17) is 0 Å². The summed E-state index contributed by atoms with van der Waals surface area (Å²) in [6.07, 6.45) is 47.0. The molecule has 0 aromatic carbocycles. The zero-order valence-electron chi connectivity index (χ0n) is 31.9. The van der Waals surface area contributed by atoms with E-state index in [1.165, 1.54) is 128 Å². The fourth-order valence-corrected chi connectivity index (χ4v) is 6.24. The van der Waals surface area contributed by atoms with Crippen molar-refractivity contribution in [2.45, 2.75) is 225 Å². The maximum absolute atomic E-state index is 12.4. The van der Waals surface area contributed by atoms with Crippen LogP contribution in [0.4, 0.5) is 0 Å². The number of rotatable bonds is 37. The highest BCUT2D eigenvalue weighted by Gasteiger charge is 2.26. The van der Waals surface area contributed by atoms with Gasteiger partial charge in [-0.15, -0.1) is 0 Å². The summed E-state index contributed by atoms with van der Waals surface area (Å²) in [5, 5.41) is 33.2. The Morgan fingerprint density at radius 2 is 0.917 bits per heavy atom. The van der Waals surface area contributed by atoms with Crippen molar-refractivity contribution in [2.75, 3.05) is 6.61 Å². The molecule has 0 rings (SSSR count). The molecular formula is C43H81NO4. The van der Waals surface area contributed by atoms with Crippen LogP contribution < -0.4 is 5.32 Å². The zero-order valence-corrected chi connectivity index (χ0v) is 31.9. The van der Waals surface area contributed by atoms with Gasteiger partial charge in [-0.25, -0.2) is 0 Å². The van der Waals surface area contributed by atoms with Crippen molar-refractivity contribution in [3.05, 3.63) is 36.5 Å². The zero-order chi connectivity index (χ0) is 35.2. The van der Waals surface area contributed by atoms with Crippen LogP contribution in [0.2, 0.25) is 0 Å². The second-order valence-electron chi connectivity index (χ2n) is 14.1. The minimum atomic E-state index is -1.16. The highest BCUT2D eigenvalue weighted by molar-refractivity contribution is 5.76. The molecule has 0 aromatic rings. The summed E-state index contributed by atoms with van der Waals surface area (Å²) in [7, 11) is 0. The molecule has 0 fully saturated rings. The summed E-state index contributed by atoms with van der Waals surface area (Å²) >= 11 is 0. The highest BCUT2D eigenvalue weighted by atomic mass is 16.3. The number of aliphatic hydroxyl groups is 3. The monoisotopic (exact) mass is 676 g/mol. The summed E-state index contributed by atoms with van der Waals surface area (Å²) in [6, 6.07) is -0.830. The molecule has 0 bridgehead atoms. The van der Waals surface area contributed by atoms with Crippen molar-refractivity contribution < 1.29 is 20.1 Å². The molecule has 4 N–H and O–H groups in total. The van der Waals surface area contributed by atoms with Crippen molar-refractivity contribution in [3.63, 3.8) is 0 Å². The summed E-state index contributed by atoms with van der Waals surface area (Å²) in [6.45, 7) is 4.03. The number of amides is 1. The minimum Gasteiger partial charge on any atom is -0.394 e. The first-order valence-corrected chi connectivity index (χ1v) is 20.8. The summed E-state index contributed by atoms with van der Waals surface area (Å²) < 4.78 is 0. The van der Waals surface area contributed by atoms with E-state index in [0.717, 1.165) is 51.4 Å². The number of allylic oxidation sites excluding steroid dienone is 6. The maximum atomic E-state index is 12.4. The molecule has 5 nitrogen and oxygen atoms in total. The number of nitrogens with one attached hydrogen (secondary N) is 1. The highest BCUT2D eigenvalue weighted by Crippen LogP contribution is 2.15. The molecule has 0 aliphatic carbocycles. The number of carbonyl (C=O) groups excluding carboxylic acids is 1. The largest absolute Gasteiger partial charge is 0.394 e. The Morgan fingerprint density at radius 1 is 0.521 bits per heavy atom. The van der Waals surface area contributed by atoms with Gasteiger partial charge in [-0.1, -0.05) is 166 Å². The Labute approximate surface area is 298 Å². The lowest BCUT2D eigenvalue weighted by Gasteiger charge is -2.26. The molecule has 0 heterocycles. The van der Waals surface area contributed by atoms with E-state index in [9.17, 15) is 20.1 Å². The first kappa shape index (κ1) is 46.6. The van der Waals surface area contributed by atoms with Gasteiger partial charge < -0.3 is 20.6 Å². The van der Waals surface area contributed by atoms with Crippen LogP contribution in [0.15, 0.2) is 36.5 Å². The Bertz CT molecular complexity index is 749. The van der Waals surface area contributed by atoms with Crippen LogP contribution in [-0.4, -0.2) is 46.1 Å². The van der Waals surface area contributed by atoms with Crippen LogP contribution >= 0.6 is 0 Å². The van der Waals surface area contributed by atoms with Gasteiger partial charge in [-0.2, -0.15) is 0 Å². The SMILES string of the molecule is CC/C=C/CC/C=C/CCCC(O)C(O)C(CO)NC(=O)CCCCCCCCCCC/C=C\CCCCCCCCCCCCCC. The quantitative estimate of drug-likeness (QED) is 0.0390. The topological polar surface area (TPSA) is 89.8 Å². The molecule has 3 unspecified atom stereocenters.